The van der Waals surface area contributed by atoms with Crippen molar-refractivity contribution in [1.82, 2.24) is 13.9 Å². The van der Waals surface area contributed by atoms with Crippen LogP contribution in [0, 0.1) is 0 Å². The highest BCUT2D eigenvalue weighted by atomic mass is 32.2. The van der Waals surface area contributed by atoms with Gasteiger partial charge in [0.05, 0.1) is 0 Å². The van der Waals surface area contributed by atoms with Crippen LogP contribution < -0.4 is 4.72 Å². The fourth-order valence-electron chi connectivity index (χ4n) is 2.95. The van der Waals surface area contributed by atoms with Crippen molar-refractivity contribution in [2.24, 2.45) is 0 Å². The number of fused-ring (bicyclic) bond motifs is 1. The van der Waals surface area contributed by atoms with E-state index in [0.717, 1.165) is 25.9 Å². The fraction of sp³-hybridized carbons (Fsp3) is 1.00. The summed E-state index contributed by atoms with van der Waals surface area (Å²) in [5.74, 6) is 0. The van der Waals surface area contributed by atoms with E-state index in [1.54, 1.807) is 4.31 Å². The SMILES string of the molecule is CCNS(=O)(=O)N1C[C@H]2CCCN2C[C@H]1CC. The van der Waals surface area contributed by atoms with Gasteiger partial charge in [0.2, 0.25) is 0 Å². The van der Waals surface area contributed by atoms with Gasteiger partial charge in [-0.15, -0.1) is 0 Å². The zero-order chi connectivity index (χ0) is 12.5. The average Bonchev–Trinajstić information content (AvgIpc) is 2.74. The largest absolute Gasteiger partial charge is 0.297 e. The topological polar surface area (TPSA) is 52.7 Å². The minimum atomic E-state index is -3.28. The van der Waals surface area contributed by atoms with E-state index in [1.165, 1.54) is 6.42 Å². The normalized spacial score (nSPS) is 31.6. The summed E-state index contributed by atoms with van der Waals surface area (Å²) in [7, 11) is -3.28. The second kappa shape index (κ2) is 5.22. The predicted octanol–water partition coefficient (Wildman–Crippen LogP) is 0.399. The Morgan fingerprint density at radius 2 is 2.06 bits per heavy atom. The molecule has 2 saturated heterocycles. The number of hydrogen-bond donors (Lipinski definition) is 1. The van der Waals surface area contributed by atoms with Gasteiger partial charge in [0.25, 0.3) is 10.2 Å². The van der Waals surface area contributed by atoms with Crippen molar-refractivity contribution in [2.45, 2.75) is 45.2 Å². The average molecular weight is 261 g/mol. The van der Waals surface area contributed by atoms with Gasteiger partial charge in [-0.2, -0.15) is 12.7 Å². The fourth-order valence-corrected chi connectivity index (χ4v) is 4.46. The van der Waals surface area contributed by atoms with Gasteiger partial charge in [0.15, 0.2) is 0 Å². The van der Waals surface area contributed by atoms with E-state index in [-0.39, 0.29) is 6.04 Å². The van der Waals surface area contributed by atoms with Crippen LogP contribution >= 0.6 is 0 Å². The van der Waals surface area contributed by atoms with Crippen LogP contribution in [0.15, 0.2) is 0 Å². The summed E-state index contributed by atoms with van der Waals surface area (Å²) in [5, 5.41) is 0. The quantitative estimate of drug-likeness (QED) is 0.797. The van der Waals surface area contributed by atoms with Gasteiger partial charge >= 0.3 is 0 Å². The van der Waals surface area contributed by atoms with Crippen LogP contribution in [0.2, 0.25) is 0 Å². The third kappa shape index (κ3) is 2.65. The second-order valence-electron chi connectivity index (χ2n) is 4.93. The van der Waals surface area contributed by atoms with Crippen LogP contribution in [0.1, 0.15) is 33.1 Å². The number of nitrogens with one attached hydrogen (secondary N) is 1. The Morgan fingerprint density at radius 3 is 2.71 bits per heavy atom. The van der Waals surface area contributed by atoms with E-state index in [4.69, 9.17) is 0 Å². The van der Waals surface area contributed by atoms with Gasteiger partial charge in [-0.25, -0.2) is 4.72 Å². The molecule has 1 N–H and O–H groups in total. The molecule has 5 nitrogen and oxygen atoms in total. The highest BCUT2D eigenvalue weighted by Crippen LogP contribution is 2.27. The number of piperazine rings is 1. The second-order valence-corrected chi connectivity index (χ2v) is 6.63. The minimum Gasteiger partial charge on any atom is -0.297 e. The van der Waals surface area contributed by atoms with Crippen molar-refractivity contribution in [1.29, 1.82) is 0 Å². The first-order valence-electron chi connectivity index (χ1n) is 6.59. The van der Waals surface area contributed by atoms with Crippen LogP contribution in [-0.2, 0) is 10.2 Å². The Kier molecular flexibility index (Phi) is 4.07. The van der Waals surface area contributed by atoms with Gasteiger partial charge < -0.3 is 0 Å². The minimum absolute atomic E-state index is 0.133. The third-order valence-corrected chi connectivity index (χ3v) is 5.57. The first-order chi connectivity index (χ1) is 8.08. The molecule has 2 heterocycles. The molecule has 100 valence electrons. The van der Waals surface area contributed by atoms with E-state index < -0.39 is 10.2 Å². The van der Waals surface area contributed by atoms with E-state index in [2.05, 4.69) is 16.5 Å². The molecule has 0 aromatic carbocycles. The monoisotopic (exact) mass is 261 g/mol. The Balaban J connectivity index is 2.14. The summed E-state index contributed by atoms with van der Waals surface area (Å²) in [5.41, 5.74) is 0. The van der Waals surface area contributed by atoms with Crippen molar-refractivity contribution >= 4 is 10.2 Å². The van der Waals surface area contributed by atoms with Crippen molar-refractivity contribution < 1.29 is 8.42 Å². The molecule has 2 aliphatic heterocycles. The van der Waals surface area contributed by atoms with Crippen LogP contribution in [-0.4, -0.2) is 55.9 Å². The molecule has 0 spiro atoms. The molecule has 2 rings (SSSR count). The smallest absolute Gasteiger partial charge is 0.279 e. The van der Waals surface area contributed by atoms with E-state index in [9.17, 15) is 8.42 Å². The number of nitrogens with zero attached hydrogens (tertiary/aromatic N) is 2. The lowest BCUT2D eigenvalue weighted by Crippen LogP contribution is -2.59. The molecule has 0 aromatic rings. The Bertz CT molecular complexity index is 358. The lowest BCUT2D eigenvalue weighted by atomic mass is 10.1. The molecule has 2 atom stereocenters. The summed E-state index contributed by atoms with van der Waals surface area (Å²) in [6.45, 7) is 7.04. The molecule has 0 amide bonds. The maximum atomic E-state index is 12.1. The maximum Gasteiger partial charge on any atom is 0.279 e. The third-order valence-electron chi connectivity index (χ3n) is 3.85. The Labute approximate surface area is 104 Å². The van der Waals surface area contributed by atoms with Crippen molar-refractivity contribution in [3.05, 3.63) is 0 Å². The maximum absolute atomic E-state index is 12.1. The summed E-state index contributed by atoms with van der Waals surface area (Å²) >= 11 is 0. The van der Waals surface area contributed by atoms with Crippen molar-refractivity contribution in [2.75, 3.05) is 26.2 Å². The van der Waals surface area contributed by atoms with E-state index in [1.807, 2.05) is 6.92 Å². The molecule has 0 saturated carbocycles. The van der Waals surface area contributed by atoms with E-state index in [0.29, 0.717) is 19.1 Å². The zero-order valence-electron chi connectivity index (χ0n) is 10.7. The van der Waals surface area contributed by atoms with Gasteiger partial charge in [-0.3, -0.25) is 4.90 Å². The molecule has 2 aliphatic rings. The van der Waals surface area contributed by atoms with Crippen LogP contribution in [0.5, 0.6) is 0 Å². The van der Waals surface area contributed by atoms with Gasteiger partial charge in [0.1, 0.15) is 0 Å². The van der Waals surface area contributed by atoms with Crippen LogP contribution in [0.3, 0.4) is 0 Å². The predicted molar refractivity (Wildman–Crippen MR) is 68.0 cm³/mol. The summed E-state index contributed by atoms with van der Waals surface area (Å²) in [6.07, 6.45) is 3.22. The standard InChI is InChI=1S/C11H23N3O2S/c1-3-10-8-13-7-5-6-11(13)9-14(10)17(15,16)12-4-2/h10-12H,3-9H2,1-2H3/t10-,11-/m1/s1. The highest BCUT2D eigenvalue weighted by molar-refractivity contribution is 7.87. The first kappa shape index (κ1) is 13.3. The van der Waals surface area contributed by atoms with Crippen LogP contribution in [0.4, 0.5) is 0 Å². The molecule has 2 fully saturated rings. The number of rotatable bonds is 4. The molecule has 0 radical (unpaired) electrons. The summed E-state index contributed by atoms with van der Waals surface area (Å²) in [4.78, 5) is 2.45. The molecule has 0 aromatic heterocycles. The first-order valence-corrected chi connectivity index (χ1v) is 8.03. The molecular formula is C11H23N3O2S. The molecule has 0 bridgehead atoms. The molecular weight excluding hydrogens is 238 g/mol. The molecule has 17 heavy (non-hydrogen) atoms. The Morgan fingerprint density at radius 1 is 1.29 bits per heavy atom. The lowest BCUT2D eigenvalue weighted by molar-refractivity contribution is 0.105. The molecule has 6 heteroatoms. The van der Waals surface area contributed by atoms with Gasteiger partial charge in [-0.05, 0) is 25.8 Å². The van der Waals surface area contributed by atoms with Crippen molar-refractivity contribution in [3.8, 4) is 0 Å². The summed E-state index contributed by atoms with van der Waals surface area (Å²) < 4.78 is 28.6. The Hall–Kier alpha value is -0.170. The van der Waals surface area contributed by atoms with Crippen molar-refractivity contribution in [3.63, 3.8) is 0 Å². The zero-order valence-corrected chi connectivity index (χ0v) is 11.5. The van der Waals surface area contributed by atoms with E-state index >= 15 is 0 Å². The molecule has 0 aliphatic carbocycles. The lowest BCUT2D eigenvalue weighted by Gasteiger charge is -2.42. The van der Waals surface area contributed by atoms with Gasteiger partial charge in [-0.1, -0.05) is 13.8 Å². The molecule has 0 unspecified atom stereocenters. The number of hydrogen-bond acceptors (Lipinski definition) is 3. The van der Waals surface area contributed by atoms with Gasteiger partial charge in [0, 0.05) is 31.7 Å². The van der Waals surface area contributed by atoms with Crippen LogP contribution in [0.25, 0.3) is 0 Å². The highest BCUT2D eigenvalue weighted by Gasteiger charge is 2.40. The summed E-state index contributed by atoms with van der Waals surface area (Å²) in [6, 6.07) is 0.569.